The van der Waals surface area contributed by atoms with E-state index in [0.717, 1.165) is 5.56 Å². The topological polar surface area (TPSA) is 75.3 Å². The fourth-order valence-electron chi connectivity index (χ4n) is 1.95. The van der Waals surface area contributed by atoms with Crippen molar-refractivity contribution < 1.29 is 27.8 Å². The molecule has 8 heteroatoms. The number of hydrogen-bond donors (Lipinski definition) is 1. The van der Waals surface area contributed by atoms with E-state index in [2.05, 4.69) is 5.32 Å². The summed E-state index contributed by atoms with van der Waals surface area (Å²) in [5.74, 6) is 0.713. The van der Waals surface area contributed by atoms with Crippen LogP contribution in [0.3, 0.4) is 0 Å². The van der Waals surface area contributed by atoms with Crippen LogP contribution in [0, 0.1) is 0 Å². The van der Waals surface area contributed by atoms with E-state index in [1.807, 2.05) is 24.3 Å². The smallest absolute Gasteiger partial charge is 0.344 e. The highest BCUT2D eigenvalue weighted by Gasteiger charge is 2.22. The maximum Gasteiger partial charge on any atom is 0.344 e. The molecule has 24 heavy (non-hydrogen) atoms. The van der Waals surface area contributed by atoms with E-state index in [0.29, 0.717) is 38.7 Å². The Balaban J connectivity index is 2.48. The largest absolute Gasteiger partial charge is 0.467 e. The number of para-hydroxylation sites is 1. The highest BCUT2D eigenvalue weighted by atomic mass is 31.2. The van der Waals surface area contributed by atoms with E-state index >= 15 is 0 Å². The molecule has 0 fully saturated rings. The fraction of sp³-hybridized carbons (Fsp3) is 0.625. The SMILES string of the molecule is CCOP(=O)(CNCc1ccccc1OCOCCOC)OCC. The molecule has 138 valence electrons. The lowest BCUT2D eigenvalue weighted by atomic mass is 10.2. The summed E-state index contributed by atoms with van der Waals surface area (Å²) >= 11 is 0. The first-order valence-corrected chi connectivity index (χ1v) is 9.74. The Hall–Kier alpha value is -0.950. The predicted molar refractivity (Wildman–Crippen MR) is 92.3 cm³/mol. The van der Waals surface area contributed by atoms with Crippen molar-refractivity contribution >= 4 is 7.60 Å². The summed E-state index contributed by atoms with van der Waals surface area (Å²) in [7, 11) is -1.48. The maximum absolute atomic E-state index is 12.4. The van der Waals surface area contributed by atoms with Crippen molar-refractivity contribution in [3.8, 4) is 5.75 Å². The minimum Gasteiger partial charge on any atom is -0.467 e. The quantitative estimate of drug-likeness (QED) is 0.310. The third kappa shape index (κ3) is 8.24. The van der Waals surface area contributed by atoms with Crippen LogP contribution in [-0.2, 0) is 29.6 Å². The van der Waals surface area contributed by atoms with E-state index in [1.165, 1.54) is 0 Å². The molecule has 0 amide bonds. The van der Waals surface area contributed by atoms with Gasteiger partial charge in [0.2, 0.25) is 0 Å². The lowest BCUT2D eigenvalue weighted by Crippen LogP contribution is -2.18. The molecular weight excluding hydrogens is 333 g/mol. The number of hydrogen-bond acceptors (Lipinski definition) is 7. The molecule has 0 bridgehead atoms. The number of ether oxygens (including phenoxy) is 3. The van der Waals surface area contributed by atoms with Gasteiger partial charge in [0, 0.05) is 19.2 Å². The first-order valence-electron chi connectivity index (χ1n) is 8.01. The second-order valence-electron chi connectivity index (χ2n) is 4.80. The molecule has 0 spiro atoms. The predicted octanol–water partition coefficient (Wildman–Crippen LogP) is 3.00. The Morgan fingerprint density at radius 3 is 2.46 bits per heavy atom. The lowest BCUT2D eigenvalue weighted by Gasteiger charge is -2.18. The molecule has 0 unspecified atom stereocenters. The standard InChI is InChI=1S/C16H28NO6P/c1-4-22-24(18,23-5-2)13-17-12-15-8-6-7-9-16(15)21-14-20-11-10-19-3/h6-9,17H,4-5,10-14H2,1-3H3. The van der Waals surface area contributed by atoms with Crippen molar-refractivity contribution in [2.24, 2.45) is 0 Å². The van der Waals surface area contributed by atoms with Crippen LogP contribution in [0.4, 0.5) is 0 Å². The Morgan fingerprint density at radius 1 is 1.08 bits per heavy atom. The molecule has 1 N–H and O–H groups in total. The molecule has 1 aromatic carbocycles. The van der Waals surface area contributed by atoms with E-state index in [-0.39, 0.29) is 13.1 Å². The van der Waals surface area contributed by atoms with Gasteiger partial charge in [-0.2, -0.15) is 0 Å². The van der Waals surface area contributed by atoms with Crippen LogP contribution in [0.1, 0.15) is 19.4 Å². The van der Waals surface area contributed by atoms with Crippen LogP contribution < -0.4 is 10.1 Å². The summed E-state index contributed by atoms with van der Waals surface area (Å²) in [6, 6.07) is 7.60. The minimum absolute atomic E-state index is 0.146. The normalized spacial score (nSPS) is 11.6. The van der Waals surface area contributed by atoms with E-state index < -0.39 is 7.60 Å². The summed E-state index contributed by atoms with van der Waals surface area (Å²) < 4.78 is 38.7. The molecule has 0 radical (unpaired) electrons. The molecule has 0 saturated carbocycles. The second-order valence-corrected chi connectivity index (χ2v) is 6.86. The zero-order valence-electron chi connectivity index (χ0n) is 14.7. The average Bonchev–Trinajstić information content (AvgIpc) is 2.56. The summed E-state index contributed by atoms with van der Waals surface area (Å²) in [5.41, 5.74) is 0.937. The van der Waals surface area contributed by atoms with Crippen LogP contribution in [0.2, 0.25) is 0 Å². The number of rotatable bonds is 14. The van der Waals surface area contributed by atoms with Gasteiger partial charge >= 0.3 is 7.60 Å². The first kappa shape index (κ1) is 21.1. The third-order valence-corrected chi connectivity index (χ3v) is 4.89. The van der Waals surface area contributed by atoms with Gasteiger partial charge in [-0.05, 0) is 19.9 Å². The van der Waals surface area contributed by atoms with Crippen LogP contribution in [0.15, 0.2) is 24.3 Å². The summed E-state index contributed by atoms with van der Waals surface area (Å²) in [6.07, 6.45) is 0.146. The van der Waals surface area contributed by atoms with Gasteiger partial charge < -0.3 is 28.6 Å². The van der Waals surface area contributed by atoms with Gasteiger partial charge in [0.05, 0.1) is 32.7 Å². The molecule has 0 aliphatic rings. The molecule has 0 atom stereocenters. The maximum atomic E-state index is 12.4. The molecule has 0 aliphatic heterocycles. The Kier molecular flexibility index (Phi) is 10.9. The Labute approximate surface area is 144 Å². The van der Waals surface area contributed by atoms with Gasteiger partial charge in [0.1, 0.15) is 5.75 Å². The van der Waals surface area contributed by atoms with Crippen molar-refractivity contribution in [1.82, 2.24) is 5.32 Å². The summed E-state index contributed by atoms with van der Waals surface area (Å²) in [6.45, 7) is 5.90. The lowest BCUT2D eigenvalue weighted by molar-refractivity contribution is -0.00890. The monoisotopic (exact) mass is 361 g/mol. The van der Waals surface area contributed by atoms with E-state index in [4.69, 9.17) is 23.3 Å². The minimum atomic E-state index is -3.10. The number of benzene rings is 1. The van der Waals surface area contributed by atoms with Gasteiger partial charge in [0.15, 0.2) is 6.79 Å². The molecule has 0 saturated heterocycles. The third-order valence-electron chi connectivity index (χ3n) is 2.97. The van der Waals surface area contributed by atoms with Gasteiger partial charge in [-0.3, -0.25) is 4.57 Å². The molecule has 0 aromatic heterocycles. The van der Waals surface area contributed by atoms with Crippen molar-refractivity contribution in [1.29, 1.82) is 0 Å². The molecule has 7 nitrogen and oxygen atoms in total. The number of nitrogens with one attached hydrogen (secondary N) is 1. The highest BCUT2D eigenvalue weighted by molar-refractivity contribution is 7.53. The van der Waals surface area contributed by atoms with Crippen LogP contribution in [0.5, 0.6) is 5.75 Å². The van der Waals surface area contributed by atoms with Crippen molar-refractivity contribution in [3.63, 3.8) is 0 Å². The van der Waals surface area contributed by atoms with Crippen LogP contribution in [0.25, 0.3) is 0 Å². The van der Waals surface area contributed by atoms with Gasteiger partial charge in [-0.1, -0.05) is 18.2 Å². The van der Waals surface area contributed by atoms with Gasteiger partial charge in [-0.25, -0.2) is 0 Å². The second kappa shape index (κ2) is 12.4. The Bertz CT molecular complexity index is 489. The molecule has 1 aromatic rings. The zero-order valence-corrected chi connectivity index (χ0v) is 15.6. The number of methoxy groups -OCH3 is 1. The van der Waals surface area contributed by atoms with Crippen molar-refractivity contribution in [3.05, 3.63) is 29.8 Å². The summed E-state index contributed by atoms with van der Waals surface area (Å²) in [5, 5.41) is 3.11. The molecule has 0 aliphatic carbocycles. The van der Waals surface area contributed by atoms with Gasteiger partial charge in [0.25, 0.3) is 0 Å². The van der Waals surface area contributed by atoms with Crippen molar-refractivity contribution in [2.75, 3.05) is 46.6 Å². The summed E-state index contributed by atoms with van der Waals surface area (Å²) in [4.78, 5) is 0. The first-order chi connectivity index (χ1) is 11.6. The Morgan fingerprint density at radius 2 is 1.79 bits per heavy atom. The highest BCUT2D eigenvalue weighted by Crippen LogP contribution is 2.46. The molecular formula is C16H28NO6P. The fourth-order valence-corrected chi connectivity index (χ4v) is 3.38. The van der Waals surface area contributed by atoms with E-state index in [1.54, 1.807) is 21.0 Å². The molecule has 1 rings (SSSR count). The van der Waals surface area contributed by atoms with Crippen LogP contribution in [-0.4, -0.2) is 46.6 Å². The van der Waals surface area contributed by atoms with E-state index in [9.17, 15) is 4.57 Å². The van der Waals surface area contributed by atoms with Crippen molar-refractivity contribution in [2.45, 2.75) is 20.4 Å². The molecule has 0 heterocycles. The average molecular weight is 361 g/mol. The zero-order chi connectivity index (χ0) is 17.7. The van der Waals surface area contributed by atoms with Crippen LogP contribution >= 0.6 is 7.60 Å². The van der Waals surface area contributed by atoms with Gasteiger partial charge in [-0.15, -0.1) is 0 Å².